The predicted molar refractivity (Wildman–Crippen MR) is 125 cm³/mol. The number of aromatic nitrogens is 1. The summed E-state index contributed by atoms with van der Waals surface area (Å²) >= 11 is 0. The fourth-order valence-corrected chi connectivity index (χ4v) is 3.66. The number of hydrogen-bond acceptors (Lipinski definition) is 7. The standard InChI is InChI=1S/C24H19F2N3O5S/c1-3-35(31,32)29-28-20-8-4-6-15(22(20)26)12-18-14(2)17-10-9-16(13-21(17)34-24(18)30)33-23-19(25)7-5-11-27-23/h4-11,13H,3,12H2,1-2H3. The smallest absolute Gasteiger partial charge is 0.340 e. The maximum absolute atomic E-state index is 15.0. The number of nitrogens with zero attached hydrogens (tertiary/aromatic N) is 3. The van der Waals surface area contributed by atoms with E-state index in [0.717, 1.165) is 0 Å². The average molecular weight is 499 g/mol. The molecule has 0 bridgehead atoms. The molecule has 8 nitrogen and oxygen atoms in total. The number of pyridine rings is 1. The van der Waals surface area contributed by atoms with Crippen molar-refractivity contribution in [2.45, 2.75) is 20.3 Å². The summed E-state index contributed by atoms with van der Waals surface area (Å²) < 4.78 is 66.0. The summed E-state index contributed by atoms with van der Waals surface area (Å²) in [5.41, 5.74) is 0.165. The van der Waals surface area contributed by atoms with E-state index in [4.69, 9.17) is 9.15 Å². The molecule has 0 amide bonds. The quantitative estimate of drug-likeness (QED) is 0.242. The highest BCUT2D eigenvalue weighted by atomic mass is 32.2. The summed E-state index contributed by atoms with van der Waals surface area (Å²) in [6, 6.07) is 11.5. The number of ether oxygens (including phenoxy) is 1. The Balaban J connectivity index is 1.68. The van der Waals surface area contributed by atoms with Crippen molar-refractivity contribution in [2.75, 3.05) is 5.75 Å². The zero-order valence-corrected chi connectivity index (χ0v) is 19.5. The zero-order valence-electron chi connectivity index (χ0n) is 18.7. The largest absolute Gasteiger partial charge is 0.436 e. The third-order valence-electron chi connectivity index (χ3n) is 5.26. The topological polar surface area (TPSA) is 111 Å². The van der Waals surface area contributed by atoms with E-state index < -0.39 is 27.3 Å². The van der Waals surface area contributed by atoms with Crippen molar-refractivity contribution in [3.8, 4) is 11.6 Å². The minimum atomic E-state index is -3.78. The van der Waals surface area contributed by atoms with E-state index in [1.807, 2.05) is 0 Å². The van der Waals surface area contributed by atoms with Crippen LogP contribution in [0, 0.1) is 18.6 Å². The molecule has 4 aromatic rings. The van der Waals surface area contributed by atoms with Gasteiger partial charge in [0, 0.05) is 29.6 Å². The lowest BCUT2D eigenvalue weighted by Gasteiger charge is -2.11. The fourth-order valence-electron chi connectivity index (χ4n) is 3.33. The highest BCUT2D eigenvalue weighted by Gasteiger charge is 2.17. The van der Waals surface area contributed by atoms with Gasteiger partial charge in [-0.05, 0) is 55.3 Å². The Morgan fingerprint density at radius 1 is 1.11 bits per heavy atom. The molecule has 0 saturated heterocycles. The van der Waals surface area contributed by atoms with Crippen LogP contribution in [-0.4, -0.2) is 19.2 Å². The van der Waals surface area contributed by atoms with E-state index in [1.165, 1.54) is 49.5 Å². The van der Waals surface area contributed by atoms with Gasteiger partial charge < -0.3 is 9.15 Å². The van der Waals surface area contributed by atoms with Crippen LogP contribution < -0.4 is 10.4 Å². The highest BCUT2D eigenvalue weighted by Crippen LogP contribution is 2.29. The lowest BCUT2D eigenvalue weighted by Crippen LogP contribution is -2.11. The maximum atomic E-state index is 15.0. The lowest BCUT2D eigenvalue weighted by molar-refractivity contribution is 0.422. The molecule has 0 unspecified atom stereocenters. The number of rotatable bonds is 7. The Labute approximate surface area is 199 Å². The van der Waals surface area contributed by atoms with E-state index in [9.17, 15) is 22.0 Å². The summed E-state index contributed by atoms with van der Waals surface area (Å²) in [5, 5.41) is 4.09. The van der Waals surface area contributed by atoms with Gasteiger partial charge in [0.15, 0.2) is 11.6 Å². The van der Waals surface area contributed by atoms with Crippen LogP contribution in [0.25, 0.3) is 11.0 Å². The van der Waals surface area contributed by atoms with E-state index in [1.54, 1.807) is 19.1 Å². The number of hydrogen-bond donors (Lipinski definition) is 0. The molecule has 180 valence electrons. The number of fused-ring (bicyclic) bond motifs is 1. The summed E-state index contributed by atoms with van der Waals surface area (Å²) in [4.78, 5) is 16.6. The molecule has 0 fully saturated rings. The first-order valence-electron chi connectivity index (χ1n) is 10.5. The van der Waals surface area contributed by atoms with Crippen LogP contribution in [0.3, 0.4) is 0 Å². The van der Waals surface area contributed by atoms with Crippen molar-refractivity contribution < 1.29 is 26.4 Å². The van der Waals surface area contributed by atoms with Gasteiger partial charge in [0.1, 0.15) is 17.0 Å². The van der Waals surface area contributed by atoms with Crippen LogP contribution in [-0.2, 0) is 16.4 Å². The molecule has 2 aromatic heterocycles. The molecule has 0 spiro atoms. The van der Waals surface area contributed by atoms with Gasteiger partial charge in [-0.1, -0.05) is 16.7 Å². The third-order valence-corrected chi connectivity index (χ3v) is 6.32. The molecule has 2 heterocycles. The number of sulfonamides is 1. The normalized spacial score (nSPS) is 11.9. The number of halogens is 2. The molecular weight excluding hydrogens is 480 g/mol. The Hall–Kier alpha value is -3.99. The van der Waals surface area contributed by atoms with Gasteiger partial charge in [-0.25, -0.2) is 27.0 Å². The first kappa shape index (κ1) is 24.1. The molecule has 0 atom stereocenters. The van der Waals surface area contributed by atoms with Gasteiger partial charge in [-0.15, -0.1) is 5.11 Å². The molecule has 0 aliphatic heterocycles. The maximum Gasteiger partial charge on any atom is 0.340 e. The minimum Gasteiger partial charge on any atom is -0.436 e. The Morgan fingerprint density at radius 2 is 1.91 bits per heavy atom. The van der Waals surface area contributed by atoms with E-state index in [2.05, 4.69) is 14.6 Å². The summed E-state index contributed by atoms with van der Waals surface area (Å²) in [5.74, 6) is -1.70. The predicted octanol–water partition coefficient (Wildman–Crippen LogP) is 5.59. The summed E-state index contributed by atoms with van der Waals surface area (Å²) in [7, 11) is -3.78. The molecule has 0 aliphatic rings. The number of aryl methyl sites for hydroxylation is 1. The van der Waals surface area contributed by atoms with Gasteiger partial charge >= 0.3 is 5.63 Å². The van der Waals surface area contributed by atoms with Crippen LogP contribution in [0.5, 0.6) is 11.6 Å². The first-order valence-corrected chi connectivity index (χ1v) is 12.1. The monoisotopic (exact) mass is 499 g/mol. The minimum absolute atomic E-state index is 0.114. The highest BCUT2D eigenvalue weighted by molar-refractivity contribution is 7.89. The van der Waals surface area contributed by atoms with Crippen molar-refractivity contribution in [1.29, 1.82) is 0 Å². The molecule has 0 saturated carbocycles. The molecule has 4 rings (SSSR count). The van der Waals surface area contributed by atoms with Gasteiger partial charge in [0.2, 0.25) is 0 Å². The van der Waals surface area contributed by atoms with Crippen molar-refractivity contribution in [3.05, 3.63) is 93.5 Å². The Morgan fingerprint density at radius 3 is 2.66 bits per heavy atom. The molecule has 35 heavy (non-hydrogen) atoms. The molecule has 11 heteroatoms. The van der Waals surface area contributed by atoms with E-state index in [-0.39, 0.29) is 46.2 Å². The van der Waals surface area contributed by atoms with Crippen LogP contribution in [0.4, 0.5) is 14.5 Å². The third kappa shape index (κ3) is 5.24. The average Bonchev–Trinajstić information content (AvgIpc) is 2.83. The second-order valence-electron chi connectivity index (χ2n) is 7.52. The summed E-state index contributed by atoms with van der Waals surface area (Å²) in [6.07, 6.45) is 1.27. The molecule has 0 aliphatic carbocycles. The fraction of sp³-hybridized carbons (Fsp3) is 0.167. The van der Waals surface area contributed by atoms with Crippen molar-refractivity contribution >= 4 is 26.7 Å². The first-order chi connectivity index (χ1) is 16.7. The van der Waals surface area contributed by atoms with E-state index >= 15 is 0 Å². The van der Waals surface area contributed by atoms with Crippen LogP contribution in [0.2, 0.25) is 0 Å². The molecule has 0 N–H and O–H groups in total. The van der Waals surface area contributed by atoms with Crippen LogP contribution in [0.15, 0.2) is 73.6 Å². The SMILES string of the molecule is CCS(=O)(=O)N=Nc1cccc(Cc2c(C)c3ccc(Oc4ncccc4F)cc3oc2=O)c1F. The zero-order chi connectivity index (χ0) is 25.2. The summed E-state index contributed by atoms with van der Waals surface area (Å²) in [6.45, 7) is 3.09. The van der Waals surface area contributed by atoms with Crippen molar-refractivity contribution in [1.82, 2.24) is 4.98 Å². The lowest BCUT2D eigenvalue weighted by atomic mass is 9.99. The Bertz CT molecular complexity index is 1620. The van der Waals surface area contributed by atoms with Gasteiger partial charge in [-0.3, -0.25) is 0 Å². The van der Waals surface area contributed by atoms with Crippen molar-refractivity contribution in [3.63, 3.8) is 0 Å². The number of benzene rings is 2. The Kier molecular flexibility index (Phi) is 6.70. The molecular formula is C24H19F2N3O5S. The molecule has 0 radical (unpaired) electrons. The van der Waals surface area contributed by atoms with E-state index in [0.29, 0.717) is 10.9 Å². The van der Waals surface area contributed by atoms with Gasteiger partial charge in [0.25, 0.3) is 15.9 Å². The molecule has 2 aromatic carbocycles. The van der Waals surface area contributed by atoms with Crippen LogP contribution >= 0.6 is 0 Å². The van der Waals surface area contributed by atoms with Crippen molar-refractivity contribution in [2.24, 2.45) is 9.63 Å². The second kappa shape index (κ2) is 9.71. The van der Waals surface area contributed by atoms with Crippen LogP contribution in [0.1, 0.15) is 23.6 Å². The van der Waals surface area contributed by atoms with Gasteiger partial charge in [-0.2, -0.15) is 0 Å². The second-order valence-corrected chi connectivity index (χ2v) is 9.43. The van der Waals surface area contributed by atoms with Gasteiger partial charge in [0.05, 0.1) is 5.75 Å².